The highest BCUT2D eigenvalue weighted by Crippen LogP contribution is 2.13. The minimum Gasteiger partial charge on any atom is -0.368 e. The van der Waals surface area contributed by atoms with Gasteiger partial charge in [0.15, 0.2) is 0 Å². The third kappa shape index (κ3) is 4.56. The number of nitrogens with two attached hydrogens (primary N) is 1. The monoisotopic (exact) mass is 304 g/mol. The van der Waals surface area contributed by atoms with Crippen molar-refractivity contribution in [1.29, 1.82) is 0 Å². The van der Waals surface area contributed by atoms with E-state index < -0.39 is 11.8 Å². The van der Waals surface area contributed by atoms with Crippen LogP contribution in [0.3, 0.4) is 0 Å². The van der Waals surface area contributed by atoms with E-state index in [1.165, 1.54) is 0 Å². The second-order valence-electron chi connectivity index (χ2n) is 5.22. The first-order valence-electron chi connectivity index (χ1n) is 7.27. The van der Waals surface area contributed by atoms with Crippen LogP contribution in [0.25, 0.3) is 0 Å². The second-order valence-corrected chi connectivity index (χ2v) is 5.22. The molecule has 7 heteroatoms. The molecule has 22 heavy (non-hydrogen) atoms. The van der Waals surface area contributed by atoms with Gasteiger partial charge >= 0.3 is 0 Å². The van der Waals surface area contributed by atoms with E-state index in [4.69, 9.17) is 5.73 Å². The first-order chi connectivity index (χ1) is 10.6. The minimum absolute atomic E-state index is 0.102. The normalized spacial score (nSPS) is 17.5. The van der Waals surface area contributed by atoms with Crippen LogP contribution >= 0.6 is 0 Å². The molecule has 7 nitrogen and oxygen atoms in total. The summed E-state index contributed by atoms with van der Waals surface area (Å²) < 4.78 is 0. The molecule has 1 fully saturated rings. The Morgan fingerprint density at radius 2 is 2.09 bits per heavy atom. The van der Waals surface area contributed by atoms with Gasteiger partial charge in [-0.05, 0) is 37.6 Å². The number of benzene rings is 1. The number of primary amides is 1. The van der Waals surface area contributed by atoms with Gasteiger partial charge in [0.1, 0.15) is 0 Å². The molecule has 0 radical (unpaired) electrons. The number of anilines is 1. The van der Waals surface area contributed by atoms with Crippen LogP contribution in [0.15, 0.2) is 24.3 Å². The average Bonchev–Trinajstić information content (AvgIpc) is 2.53. The highest BCUT2D eigenvalue weighted by molar-refractivity contribution is 5.99. The fraction of sp³-hybridized carbons (Fsp3) is 0.400. The molecule has 1 aromatic carbocycles. The molecule has 1 heterocycles. The van der Waals surface area contributed by atoms with Crippen molar-refractivity contribution in [1.82, 2.24) is 10.6 Å². The smallest absolute Gasteiger partial charge is 0.251 e. The van der Waals surface area contributed by atoms with Crippen molar-refractivity contribution in [2.45, 2.75) is 25.3 Å². The molecule has 1 aliphatic heterocycles. The Hall–Kier alpha value is -2.41. The van der Waals surface area contributed by atoms with Gasteiger partial charge in [0, 0.05) is 11.3 Å². The Morgan fingerprint density at radius 1 is 1.27 bits per heavy atom. The van der Waals surface area contributed by atoms with Gasteiger partial charge < -0.3 is 21.7 Å². The second kappa shape index (κ2) is 7.56. The number of nitrogens with one attached hydrogen (secondary N) is 3. The minimum atomic E-state index is -0.610. The molecule has 3 amide bonds. The lowest BCUT2D eigenvalue weighted by atomic mass is 10.0. The predicted molar refractivity (Wildman–Crippen MR) is 82.2 cm³/mol. The average molecular weight is 304 g/mol. The zero-order chi connectivity index (χ0) is 15.9. The Kier molecular flexibility index (Phi) is 5.48. The summed E-state index contributed by atoms with van der Waals surface area (Å²) in [6, 6.07) is 6.36. The molecule has 0 saturated carbocycles. The van der Waals surface area contributed by atoms with Crippen LogP contribution in [0.5, 0.6) is 0 Å². The van der Waals surface area contributed by atoms with E-state index in [1.54, 1.807) is 24.3 Å². The molecular formula is C15H20N4O3. The lowest BCUT2D eigenvalue weighted by molar-refractivity contribution is -0.118. The Bertz CT molecular complexity index is 568. The van der Waals surface area contributed by atoms with Gasteiger partial charge in [-0.2, -0.15) is 0 Å². The zero-order valence-electron chi connectivity index (χ0n) is 12.2. The molecule has 118 valence electrons. The largest absolute Gasteiger partial charge is 0.368 e. The maximum Gasteiger partial charge on any atom is 0.251 e. The van der Waals surface area contributed by atoms with Gasteiger partial charge in [-0.3, -0.25) is 14.4 Å². The SMILES string of the molecule is NC(=O)CNC(=O)c1cccc(NC(=O)C2CCCCN2)c1. The van der Waals surface area contributed by atoms with Crippen molar-refractivity contribution in [3.8, 4) is 0 Å². The molecule has 0 spiro atoms. The summed E-state index contributed by atoms with van der Waals surface area (Å²) in [5.41, 5.74) is 5.88. The first kappa shape index (κ1) is 16.0. The molecule has 1 saturated heterocycles. The third-order valence-corrected chi connectivity index (χ3v) is 3.44. The maximum absolute atomic E-state index is 12.1. The molecule has 1 aliphatic rings. The Morgan fingerprint density at radius 3 is 2.77 bits per heavy atom. The number of hydrogen-bond acceptors (Lipinski definition) is 4. The molecule has 0 aliphatic carbocycles. The van der Waals surface area contributed by atoms with E-state index in [9.17, 15) is 14.4 Å². The van der Waals surface area contributed by atoms with Crippen molar-refractivity contribution < 1.29 is 14.4 Å². The zero-order valence-corrected chi connectivity index (χ0v) is 12.2. The number of piperidine rings is 1. The number of rotatable bonds is 5. The number of hydrogen-bond donors (Lipinski definition) is 4. The molecule has 0 bridgehead atoms. The van der Waals surface area contributed by atoms with E-state index in [2.05, 4.69) is 16.0 Å². The van der Waals surface area contributed by atoms with Crippen LogP contribution in [0.4, 0.5) is 5.69 Å². The van der Waals surface area contributed by atoms with Crippen LogP contribution in [0.2, 0.25) is 0 Å². The summed E-state index contributed by atoms with van der Waals surface area (Å²) >= 11 is 0. The van der Waals surface area contributed by atoms with E-state index in [-0.39, 0.29) is 18.5 Å². The fourth-order valence-corrected chi connectivity index (χ4v) is 2.31. The maximum atomic E-state index is 12.1. The van der Waals surface area contributed by atoms with Gasteiger partial charge in [0.05, 0.1) is 12.6 Å². The number of carbonyl (C=O) groups excluding carboxylic acids is 3. The lowest BCUT2D eigenvalue weighted by Crippen LogP contribution is -2.43. The first-order valence-corrected chi connectivity index (χ1v) is 7.27. The fourth-order valence-electron chi connectivity index (χ4n) is 2.31. The van der Waals surface area contributed by atoms with E-state index in [1.807, 2.05) is 0 Å². The number of amides is 3. The molecule has 1 aromatic rings. The number of carbonyl (C=O) groups is 3. The molecule has 5 N–H and O–H groups in total. The van der Waals surface area contributed by atoms with E-state index >= 15 is 0 Å². The summed E-state index contributed by atoms with van der Waals surface area (Å²) in [6.07, 6.45) is 2.92. The van der Waals surface area contributed by atoms with Crippen LogP contribution in [0, 0.1) is 0 Å². The predicted octanol–water partition coefficient (Wildman–Crippen LogP) is -0.0177. The van der Waals surface area contributed by atoms with Crippen molar-refractivity contribution in [2.24, 2.45) is 5.73 Å². The highest BCUT2D eigenvalue weighted by atomic mass is 16.2. The lowest BCUT2D eigenvalue weighted by Gasteiger charge is -2.22. The summed E-state index contributed by atoms with van der Waals surface area (Å²) in [5.74, 6) is -1.12. The molecular weight excluding hydrogens is 284 g/mol. The van der Waals surface area contributed by atoms with Gasteiger partial charge in [0.25, 0.3) is 5.91 Å². The molecule has 2 rings (SSSR count). The highest BCUT2D eigenvalue weighted by Gasteiger charge is 2.20. The van der Waals surface area contributed by atoms with Gasteiger partial charge in [-0.1, -0.05) is 12.5 Å². The van der Waals surface area contributed by atoms with Crippen molar-refractivity contribution in [2.75, 3.05) is 18.4 Å². The van der Waals surface area contributed by atoms with Crippen LogP contribution in [0.1, 0.15) is 29.6 Å². The Labute approximate surface area is 128 Å². The summed E-state index contributed by atoms with van der Waals surface area (Å²) in [6.45, 7) is 0.620. The van der Waals surface area contributed by atoms with Crippen LogP contribution < -0.4 is 21.7 Å². The summed E-state index contributed by atoms with van der Waals surface area (Å²) in [5, 5.41) is 8.37. The van der Waals surface area contributed by atoms with E-state index in [0.29, 0.717) is 11.3 Å². The molecule has 1 atom stereocenters. The van der Waals surface area contributed by atoms with Crippen LogP contribution in [-0.2, 0) is 9.59 Å². The van der Waals surface area contributed by atoms with Crippen LogP contribution in [-0.4, -0.2) is 36.9 Å². The molecule has 0 aromatic heterocycles. The topological polar surface area (TPSA) is 113 Å². The van der Waals surface area contributed by atoms with Crippen molar-refractivity contribution >= 4 is 23.4 Å². The van der Waals surface area contributed by atoms with Gasteiger partial charge in [0.2, 0.25) is 11.8 Å². The summed E-state index contributed by atoms with van der Waals surface area (Å²) in [7, 11) is 0. The van der Waals surface area contributed by atoms with Crippen molar-refractivity contribution in [3.05, 3.63) is 29.8 Å². The quantitative estimate of drug-likeness (QED) is 0.612. The van der Waals surface area contributed by atoms with Gasteiger partial charge in [-0.15, -0.1) is 0 Å². The Balaban J connectivity index is 1.97. The van der Waals surface area contributed by atoms with Crippen molar-refractivity contribution in [3.63, 3.8) is 0 Å². The third-order valence-electron chi connectivity index (χ3n) is 3.44. The van der Waals surface area contributed by atoms with Gasteiger partial charge in [-0.25, -0.2) is 0 Å². The summed E-state index contributed by atoms with van der Waals surface area (Å²) in [4.78, 5) is 34.6. The standard InChI is InChI=1S/C15H20N4O3/c16-13(20)9-18-14(21)10-4-3-5-11(8-10)19-15(22)12-6-1-2-7-17-12/h3-5,8,12,17H,1-2,6-7,9H2,(H2,16,20)(H,18,21)(H,19,22). The van der Waals surface area contributed by atoms with E-state index in [0.717, 1.165) is 25.8 Å². The molecule has 1 unspecified atom stereocenters.